The molecule has 0 aliphatic carbocycles. The lowest BCUT2D eigenvalue weighted by molar-refractivity contribution is -0.692. The topological polar surface area (TPSA) is 29.9 Å². The molecule has 0 saturated heterocycles. The molecule has 0 spiro atoms. The molecule has 0 aliphatic heterocycles. The standard InChI is InChI=1S/C15H16N2S/c16-15-5-3-13(4-6-15)1-2-14-7-9-17(10-8-14)11-12-18/h1-10,16,18H,11-12H2/p+1. The van der Waals surface area contributed by atoms with Crippen LogP contribution in [0.15, 0.2) is 48.8 Å². The minimum atomic E-state index is 0.791. The van der Waals surface area contributed by atoms with Gasteiger partial charge in [-0.25, -0.2) is 4.57 Å². The van der Waals surface area contributed by atoms with Gasteiger partial charge in [0.15, 0.2) is 18.9 Å². The average Bonchev–Trinajstić information content (AvgIpc) is 2.40. The van der Waals surface area contributed by atoms with Gasteiger partial charge >= 0.3 is 0 Å². The van der Waals surface area contributed by atoms with Crippen molar-refractivity contribution in [1.29, 1.82) is 0 Å². The Morgan fingerprint density at radius 3 is 2.06 bits per heavy atom. The second kappa shape index (κ2) is 6.26. The van der Waals surface area contributed by atoms with Crippen molar-refractivity contribution in [2.75, 3.05) is 11.5 Å². The predicted octanol–water partition coefficient (Wildman–Crippen LogP) is 2.66. The first kappa shape index (κ1) is 12.7. The van der Waals surface area contributed by atoms with Crippen LogP contribution in [0.2, 0.25) is 0 Å². The van der Waals surface area contributed by atoms with Gasteiger partial charge in [0.25, 0.3) is 0 Å². The SMILES string of the molecule is Nc1ccc(/C=C/c2cc[n+](CCS)cc2)cc1. The number of nitrogens with zero attached hydrogens (tertiary/aromatic N) is 1. The third kappa shape index (κ3) is 3.64. The van der Waals surface area contributed by atoms with E-state index in [9.17, 15) is 0 Å². The van der Waals surface area contributed by atoms with Crippen LogP contribution in [0, 0.1) is 0 Å². The van der Waals surface area contributed by atoms with Gasteiger partial charge in [0.2, 0.25) is 0 Å². The Morgan fingerprint density at radius 2 is 1.50 bits per heavy atom. The van der Waals surface area contributed by atoms with Crippen LogP contribution < -0.4 is 10.3 Å². The van der Waals surface area contributed by atoms with Crippen LogP contribution in [-0.2, 0) is 6.54 Å². The van der Waals surface area contributed by atoms with Gasteiger partial charge in [-0.05, 0) is 23.3 Å². The van der Waals surface area contributed by atoms with E-state index >= 15 is 0 Å². The smallest absolute Gasteiger partial charge is 0.169 e. The minimum Gasteiger partial charge on any atom is -0.399 e. The molecule has 0 saturated carbocycles. The van der Waals surface area contributed by atoms with Crippen LogP contribution in [0.1, 0.15) is 11.1 Å². The van der Waals surface area contributed by atoms with Gasteiger partial charge in [-0.1, -0.05) is 24.3 Å². The highest BCUT2D eigenvalue weighted by molar-refractivity contribution is 7.80. The summed E-state index contributed by atoms with van der Waals surface area (Å²) in [6.07, 6.45) is 8.31. The van der Waals surface area contributed by atoms with Crippen molar-refractivity contribution in [3.63, 3.8) is 0 Å². The van der Waals surface area contributed by atoms with E-state index in [1.165, 1.54) is 5.56 Å². The van der Waals surface area contributed by atoms with Gasteiger partial charge in [-0.3, -0.25) is 0 Å². The molecule has 1 aromatic heterocycles. The largest absolute Gasteiger partial charge is 0.399 e. The van der Waals surface area contributed by atoms with Crippen molar-refractivity contribution in [3.05, 3.63) is 59.9 Å². The van der Waals surface area contributed by atoms with E-state index < -0.39 is 0 Å². The van der Waals surface area contributed by atoms with Crippen molar-refractivity contribution in [2.24, 2.45) is 0 Å². The van der Waals surface area contributed by atoms with E-state index in [1.54, 1.807) is 0 Å². The van der Waals surface area contributed by atoms with E-state index in [1.807, 2.05) is 24.3 Å². The van der Waals surface area contributed by atoms with Gasteiger partial charge in [-0.15, -0.1) is 0 Å². The molecule has 0 radical (unpaired) electrons. The maximum Gasteiger partial charge on any atom is 0.169 e. The molecule has 0 amide bonds. The average molecular weight is 257 g/mol. The Hall–Kier alpha value is -1.74. The number of anilines is 1. The van der Waals surface area contributed by atoms with Gasteiger partial charge in [0.05, 0.1) is 0 Å². The number of nitrogens with two attached hydrogens (primary N) is 1. The molecular weight excluding hydrogens is 240 g/mol. The van der Waals surface area contributed by atoms with Crippen molar-refractivity contribution in [1.82, 2.24) is 0 Å². The molecule has 92 valence electrons. The Bertz CT molecular complexity index is 515. The molecule has 2 nitrogen and oxygen atoms in total. The van der Waals surface area contributed by atoms with E-state index in [0.717, 1.165) is 23.5 Å². The lowest BCUT2D eigenvalue weighted by atomic mass is 10.1. The molecule has 0 fully saturated rings. The molecule has 0 atom stereocenters. The van der Waals surface area contributed by atoms with Crippen LogP contribution in [0.4, 0.5) is 5.69 Å². The summed E-state index contributed by atoms with van der Waals surface area (Å²) in [6, 6.07) is 12.0. The summed E-state index contributed by atoms with van der Waals surface area (Å²) in [6.45, 7) is 0.936. The number of aromatic nitrogens is 1. The first-order chi connectivity index (χ1) is 8.78. The highest BCUT2D eigenvalue weighted by Crippen LogP contribution is 2.09. The Labute approximate surface area is 113 Å². The van der Waals surface area contributed by atoms with Crippen LogP contribution in [0.25, 0.3) is 12.2 Å². The highest BCUT2D eigenvalue weighted by atomic mass is 32.1. The van der Waals surface area contributed by atoms with E-state index in [4.69, 9.17) is 5.73 Å². The number of aryl methyl sites for hydroxylation is 1. The summed E-state index contributed by atoms with van der Waals surface area (Å²) < 4.78 is 2.12. The monoisotopic (exact) mass is 257 g/mol. The number of nitrogen functional groups attached to an aromatic ring is 1. The van der Waals surface area contributed by atoms with Crippen LogP contribution >= 0.6 is 12.6 Å². The lowest BCUT2D eigenvalue weighted by Crippen LogP contribution is -2.33. The molecule has 1 aromatic carbocycles. The number of pyridine rings is 1. The fourth-order valence-corrected chi connectivity index (χ4v) is 1.88. The normalized spacial score (nSPS) is 10.9. The maximum atomic E-state index is 5.65. The molecule has 0 unspecified atom stereocenters. The molecule has 2 rings (SSSR count). The quantitative estimate of drug-likeness (QED) is 0.492. The van der Waals surface area contributed by atoms with Crippen LogP contribution in [0.3, 0.4) is 0 Å². The summed E-state index contributed by atoms with van der Waals surface area (Å²) >= 11 is 4.21. The number of rotatable bonds is 4. The maximum absolute atomic E-state index is 5.65. The van der Waals surface area contributed by atoms with Crippen molar-refractivity contribution in [3.8, 4) is 0 Å². The third-order valence-corrected chi connectivity index (χ3v) is 2.88. The number of thiol groups is 1. The summed E-state index contributed by atoms with van der Waals surface area (Å²) in [5.74, 6) is 0.852. The number of benzene rings is 1. The molecule has 0 aliphatic rings. The molecule has 2 aromatic rings. The summed E-state index contributed by atoms with van der Waals surface area (Å²) in [5.41, 5.74) is 8.77. The van der Waals surface area contributed by atoms with E-state index in [-0.39, 0.29) is 0 Å². The summed E-state index contributed by atoms with van der Waals surface area (Å²) in [7, 11) is 0. The first-order valence-electron chi connectivity index (χ1n) is 5.91. The number of hydrogen-bond donors (Lipinski definition) is 2. The van der Waals surface area contributed by atoms with Crippen molar-refractivity contribution in [2.45, 2.75) is 6.54 Å². The molecule has 1 heterocycles. The van der Waals surface area contributed by atoms with Gasteiger partial charge < -0.3 is 5.73 Å². The second-order valence-corrected chi connectivity index (χ2v) is 4.54. The number of hydrogen-bond acceptors (Lipinski definition) is 2. The molecule has 2 N–H and O–H groups in total. The molecule has 18 heavy (non-hydrogen) atoms. The van der Waals surface area contributed by atoms with Crippen molar-refractivity contribution < 1.29 is 4.57 Å². The zero-order valence-electron chi connectivity index (χ0n) is 10.2. The van der Waals surface area contributed by atoms with Crippen LogP contribution in [-0.4, -0.2) is 5.75 Å². The second-order valence-electron chi connectivity index (χ2n) is 4.09. The summed E-state index contributed by atoms with van der Waals surface area (Å²) in [5, 5.41) is 0. The Morgan fingerprint density at radius 1 is 0.944 bits per heavy atom. The Kier molecular flexibility index (Phi) is 4.42. The Balaban J connectivity index is 2.06. The highest BCUT2D eigenvalue weighted by Gasteiger charge is 1.96. The first-order valence-corrected chi connectivity index (χ1v) is 6.55. The van der Waals surface area contributed by atoms with Crippen LogP contribution in [0.5, 0.6) is 0 Å². The zero-order chi connectivity index (χ0) is 12.8. The fourth-order valence-electron chi connectivity index (χ4n) is 1.64. The molecule has 3 heteroatoms. The minimum absolute atomic E-state index is 0.791. The van der Waals surface area contributed by atoms with Gasteiger partial charge in [0, 0.05) is 23.6 Å². The summed E-state index contributed by atoms with van der Waals surface area (Å²) in [4.78, 5) is 0. The van der Waals surface area contributed by atoms with Crippen molar-refractivity contribution >= 4 is 30.5 Å². The zero-order valence-corrected chi connectivity index (χ0v) is 11.1. The third-order valence-electron chi connectivity index (χ3n) is 2.68. The van der Waals surface area contributed by atoms with Gasteiger partial charge in [0.1, 0.15) is 0 Å². The molecule has 0 bridgehead atoms. The predicted molar refractivity (Wildman–Crippen MR) is 80.3 cm³/mol. The fraction of sp³-hybridized carbons (Fsp3) is 0.133. The van der Waals surface area contributed by atoms with Gasteiger partial charge in [-0.2, -0.15) is 12.6 Å². The van der Waals surface area contributed by atoms with E-state index in [0.29, 0.717) is 0 Å². The lowest BCUT2D eigenvalue weighted by Gasteiger charge is -1.96. The molecular formula is C15H17N2S+. The van der Waals surface area contributed by atoms with E-state index in [2.05, 4.69) is 53.9 Å².